The number of carbonyl (C=O) groups excluding carboxylic acids is 1. The van der Waals surface area contributed by atoms with Crippen molar-refractivity contribution in [2.24, 2.45) is 5.73 Å². The molecular weight excluding hydrogens is 194 g/mol. The molecule has 1 aliphatic rings. The average molecular weight is 207 g/mol. The van der Waals surface area contributed by atoms with Crippen LogP contribution in [-0.4, -0.2) is 17.6 Å². The predicted molar refractivity (Wildman–Crippen MR) is 54.4 cm³/mol. The number of nitrogens with two attached hydrogens (primary N) is 1. The fraction of sp³-hybridized carbons (Fsp3) is 0.364. The van der Waals surface area contributed by atoms with E-state index in [2.05, 4.69) is 0 Å². The number of carbonyl (C=O) groups is 1. The van der Waals surface area contributed by atoms with Gasteiger partial charge in [-0.1, -0.05) is 12.1 Å². The quantitative estimate of drug-likeness (QED) is 0.759. The van der Waals surface area contributed by atoms with Crippen LogP contribution in [0.1, 0.15) is 23.7 Å². The van der Waals surface area contributed by atoms with E-state index < -0.39 is 12.0 Å². The second-order valence-corrected chi connectivity index (χ2v) is 3.63. The molecule has 1 atom stereocenters. The number of ether oxygens (including phenoxy) is 1. The summed E-state index contributed by atoms with van der Waals surface area (Å²) in [4.78, 5) is 10.6. The minimum atomic E-state index is -0.494. The molecule has 1 amide bonds. The van der Waals surface area contributed by atoms with Crippen LogP contribution in [-0.2, 0) is 11.2 Å². The number of aliphatic hydroxyl groups is 1. The van der Waals surface area contributed by atoms with Crippen molar-refractivity contribution in [1.82, 2.24) is 0 Å². The zero-order valence-corrected chi connectivity index (χ0v) is 8.27. The maximum atomic E-state index is 10.6. The van der Waals surface area contributed by atoms with E-state index >= 15 is 0 Å². The minimum Gasteiger partial charge on any atom is -0.483 e. The van der Waals surface area contributed by atoms with Gasteiger partial charge in [-0.25, -0.2) is 0 Å². The topological polar surface area (TPSA) is 72.6 Å². The summed E-state index contributed by atoms with van der Waals surface area (Å²) >= 11 is 0. The Labute approximate surface area is 87.7 Å². The number of primary amides is 1. The largest absolute Gasteiger partial charge is 0.483 e. The average Bonchev–Trinajstić information content (AvgIpc) is 2.58. The van der Waals surface area contributed by atoms with E-state index in [1.807, 2.05) is 12.1 Å². The van der Waals surface area contributed by atoms with E-state index in [1.165, 1.54) is 0 Å². The fourth-order valence-corrected chi connectivity index (χ4v) is 1.88. The molecule has 4 heteroatoms. The Morgan fingerprint density at radius 3 is 3.13 bits per heavy atom. The van der Waals surface area contributed by atoms with Crippen LogP contribution in [0.25, 0.3) is 0 Å². The summed E-state index contributed by atoms with van der Waals surface area (Å²) in [5, 5.41) is 9.64. The molecule has 1 unspecified atom stereocenters. The van der Waals surface area contributed by atoms with Gasteiger partial charge >= 0.3 is 0 Å². The fourth-order valence-electron chi connectivity index (χ4n) is 1.88. The molecule has 0 spiro atoms. The maximum absolute atomic E-state index is 10.6. The summed E-state index contributed by atoms with van der Waals surface area (Å²) in [5.74, 6) is 0.161. The van der Waals surface area contributed by atoms with Gasteiger partial charge in [-0.2, -0.15) is 0 Å². The highest BCUT2D eigenvalue weighted by Gasteiger charge is 2.23. The van der Waals surface area contributed by atoms with Crippen molar-refractivity contribution in [2.45, 2.75) is 18.9 Å². The molecule has 0 aromatic heterocycles. The summed E-state index contributed by atoms with van der Waals surface area (Å²) < 4.78 is 5.27. The number of fused-ring (bicyclic) bond motifs is 1. The van der Waals surface area contributed by atoms with Crippen molar-refractivity contribution < 1.29 is 14.6 Å². The third-order valence-corrected chi connectivity index (χ3v) is 2.57. The normalized spacial score (nSPS) is 18.6. The molecule has 0 radical (unpaired) electrons. The highest BCUT2D eigenvalue weighted by Crippen LogP contribution is 2.36. The van der Waals surface area contributed by atoms with Gasteiger partial charge in [0.2, 0.25) is 0 Å². The number of rotatable bonds is 3. The van der Waals surface area contributed by atoms with Crippen LogP contribution in [0.2, 0.25) is 0 Å². The molecule has 0 saturated heterocycles. The zero-order valence-electron chi connectivity index (χ0n) is 8.27. The second kappa shape index (κ2) is 3.90. The standard InChI is InChI=1S/C11H13NO3/c12-11(14)6-15-10-3-1-2-7-8(10)4-5-9(7)13/h1-3,9,13H,4-6H2,(H2,12,14). The number of hydrogen-bond acceptors (Lipinski definition) is 3. The molecule has 0 heterocycles. The van der Waals surface area contributed by atoms with Gasteiger partial charge in [0.05, 0.1) is 6.10 Å². The zero-order chi connectivity index (χ0) is 10.8. The van der Waals surface area contributed by atoms with Crippen LogP contribution in [0.15, 0.2) is 18.2 Å². The molecule has 15 heavy (non-hydrogen) atoms. The van der Waals surface area contributed by atoms with E-state index in [1.54, 1.807) is 6.07 Å². The van der Waals surface area contributed by atoms with E-state index in [-0.39, 0.29) is 6.61 Å². The van der Waals surface area contributed by atoms with Gasteiger partial charge in [-0.15, -0.1) is 0 Å². The Balaban J connectivity index is 2.22. The highest BCUT2D eigenvalue weighted by atomic mass is 16.5. The Kier molecular flexibility index (Phi) is 2.60. The van der Waals surface area contributed by atoms with Crippen LogP contribution >= 0.6 is 0 Å². The first-order valence-corrected chi connectivity index (χ1v) is 4.89. The molecule has 4 nitrogen and oxygen atoms in total. The van der Waals surface area contributed by atoms with Crippen molar-refractivity contribution in [1.29, 1.82) is 0 Å². The van der Waals surface area contributed by atoms with Crippen molar-refractivity contribution >= 4 is 5.91 Å². The lowest BCUT2D eigenvalue weighted by atomic mass is 10.1. The van der Waals surface area contributed by atoms with E-state index in [9.17, 15) is 9.90 Å². The van der Waals surface area contributed by atoms with Crippen LogP contribution in [0.3, 0.4) is 0 Å². The van der Waals surface area contributed by atoms with Gasteiger partial charge in [0, 0.05) is 5.56 Å². The first kappa shape index (κ1) is 9.98. The van der Waals surface area contributed by atoms with Gasteiger partial charge in [0.1, 0.15) is 5.75 Å². The minimum absolute atomic E-state index is 0.119. The summed E-state index contributed by atoms with van der Waals surface area (Å²) in [5.41, 5.74) is 6.89. The lowest BCUT2D eigenvalue weighted by Crippen LogP contribution is -2.20. The van der Waals surface area contributed by atoms with Crippen LogP contribution in [0.5, 0.6) is 5.75 Å². The van der Waals surface area contributed by atoms with Crippen molar-refractivity contribution in [2.75, 3.05) is 6.61 Å². The molecule has 2 rings (SSSR count). The number of benzene rings is 1. The lowest BCUT2D eigenvalue weighted by molar-refractivity contribution is -0.119. The van der Waals surface area contributed by atoms with Crippen molar-refractivity contribution in [3.05, 3.63) is 29.3 Å². The predicted octanol–water partition coefficient (Wildman–Crippen LogP) is 0.530. The molecule has 0 bridgehead atoms. The van der Waals surface area contributed by atoms with Crippen molar-refractivity contribution in [3.8, 4) is 5.75 Å². The first-order valence-electron chi connectivity index (χ1n) is 4.89. The van der Waals surface area contributed by atoms with Crippen LogP contribution in [0, 0.1) is 0 Å². The highest BCUT2D eigenvalue weighted by molar-refractivity contribution is 5.75. The monoisotopic (exact) mass is 207 g/mol. The maximum Gasteiger partial charge on any atom is 0.255 e. The van der Waals surface area contributed by atoms with Gasteiger partial charge in [0.15, 0.2) is 6.61 Å². The van der Waals surface area contributed by atoms with E-state index in [0.717, 1.165) is 17.5 Å². The van der Waals surface area contributed by atoms with E-state index in [0.29, 0.717) is 12.2 Å². The summed E-state index contributed by atoms with van der Waals surface area (Å²) in [6, 6.07) is 5.48. The smallest absolute Gasteiger partial charge is 0.255 e. The van der Waals surface area contributed by atoms with Gasteiger partial charge in [-0.05, 0) is 24.5 Å². The second-order valence-electron chi connectivity index (χ2n) is 3.63. The van der Waals surface area contributed by atoms with E-state index in [4.69, 9.17) is 10.5 Å². The first-order chi connectivity index (χ1) is 7.18. The number of amides is 1. The van der Waals surface area contributed by atoms with Gasteiger partial charge in [0.25, 0.3) is 5.91 Å². The Morgan fingerprint density at radius 2 is 2.40 bits per heavy atom. The molecule has 0 fully saturated rings. The SMILES string of the molecule is NC(=O)COc1cccc2c1CCC2O. The molecule has 1 aromatic rings. The third-order valence-electron chi connectivity index (χ3n) is 2.57. The molecule has 80 valence electrons. The molecule has 1 aliphatic carbocycles. The lowest BCUT2D eigenvalue weighted by Gasteiger charge is -2.09. The summed E-state index contributed by atoms with van der Waals surface area (Å²) in [7, 11) is 0. The summed E-state index contributed by atoms with van der Waals surface area (Å²) in [6.45, 7) is -0.119. The number of hydrogen-bond donors (Lipinski definition) is 2. The van der Waals surface area contributed by atoms with Crippen LogP contribution in [0.4, 0.5) is 0 Å². The van der Waals surface area contributed by atoms with Crippen molar-refractivity contribution in [3.63, 3.8) is 0 Å². The van der Waals surface area contributed by atoms with Gasteiger partial charge < -0.3 is 15.6 Å². The molecular formula is C11H13NO3. The molecule has 0 saturated carbocycles. The Bertz CT molecular complexity index is 389. The Morgan fingerprint density at radius 1 is 1.60 bits per heavy atom. The molecule has 0 aliphatic heterocycles. The Hall–Kier alpha value is -1.55. The van der Waals surface area contributed by atoms with Crippen LogP contribution < -0.4 is 10.5 Å². The molecule has 3 N–H and O–H groups in total. The summed E-state index contributed by atoms with van der Waals surface area (Å²) in [6.07, 6.45) is 1.09. The number of aliphatic hydroxyl groups excluding tert-OH is 1. The molecule has 1 aromatic carbocycles. The van der Waals surface area contributed by atoms with Gasteiger partial charge in [-0.3, -0.25) is 4.79 Å². The third kappa shape index (κ3) is 1.94.